The van der Waals surface area contributed by atoms with Crippen LogP contribution in [0.25, 0.3) is 5.69 Å². The number of benzene rings is 2. The Bertz CT molecular complexity index is 1060. The maximum absolute atomic E-state index is 12.9. The van der Waals surface area contributed by atoms with E-state index in [-0.39, 0.29) is 12.3 Å². The Kier molecular flexibility index (Phi) is 4.92. The lowest BCUT2D eigenvalue weighted by Crippen LogP contribution is -2.25. The first-order valence-corrected chi connectivity index (χ1v) is 9.67. The first-order valence-electron chi connectivity index (χ1n) is 9.67. The molecule has 3 aromatic rings. The van der Waals surface area contributed by atoms with E-state index < -0.39 is 5.97 Å². The van der Waals surface area contributed by atoms with Crippen LogP contribution in [0.4, 0.5) is 0 Å². The van der Waals surface area contributed by atoms with Crippen molar-refractivity contribution in [2.45, 2.75) is 39.8 Å². The fraction of sp³-hybridized carbons (Fsp3) is 0.261. The van der Waals surface area contributed by atoms with Crippen molar-refractivity contribution in [2.24, 2.45) is 0 Å². The van der Waals surface area contributed by atoms with Gasteiger partial charge in [-0.15, -0.1) is 0 Å². The van der Waals surface area contributed by atoms with Gasteiger partial charge in [0.2, 0.25) is 0 Å². The molecule has 1 N–H and O–H groups in total. The Balaban J connectivity index is 1.52. The molecule has 29 heavy (non-hydrogen) atoms. The summed E-state index contributed by atoms with van der Waals surface area (Å²) in [6.45, 7) is 5.11. The molecule has 1 aliphatic rings. The molecule has 4 rings (SSSR count). The highest BCUT2D eigenvalue weighted by Gasteiger charge is 2.24. The predicted octanol–water partition coefficient (Wildman–Crippen LogP) is 3.66. The van der Waals surface area contributed by atoms with Crippen LogP contribution in [0.3, 0.4) is 0 Å². The summed E-state index contributed by atoms with van der Waals surface area (Å²) >= 11 is 0. The summed E-state index contributed by atoms with van der Waals surface area (Å²) < 4.78 is 1.81. The fourth-order valence-electron chi connectivity index (χ4n) is 3.92. The van der Waals surface area contributed by atoms with Gasteiger partial charge < -0.3 is 10.0 Å². The van der Waals surface area contributed by atoms with Crippen molar-refractivity contribution in [1.29, 1.82) is 0 Å². The fourth-order valence-corrected chi connectivity index (χ4v) is 3.92. The van der Waals surface area contributed by atoms with E-state index in [0.29, 0.717) is 25.1 Å². The maximum Gasteiger partial charge on any atom is 0.303 e. The molecule has 0 aliphatic carbocycles. The Hall–Kier alpha value is -3.41. The van der Waals surface area contributed by atoms with Crippen LogP contribution < -0.4 is 0 Å². The van der Waals surface area contributed by atoms with Gasteiger partial charge in [-0.2, -0.15) is 5.10 Å². The Morgan fingerprint density at radius 3 is 2.21 bits per heavy atom. The molecule has 1 amide bonds. The third-order valence-electron chi connectivity index (χ3n) is 5.52. The maximum atomic E-state index is 12.9. The minimum absolute atomic E-state index is 0.0169. The highest BCUT2D eigenvalue weighted by molar-refractivity contribution is 5.94. The van der Waals surface area contributed by atoms with Crippen molar-refractivity contribution in [1.82, 2.24) is 14.7 Å². The number of carboxylic acid groups (broad SMARTS) is 1. The summed E-state index contributed by atoms with van der Waals surface area (Å²) in [5.41, 5.74) is 6.63. The molecule has 0 saturated carbocycles. The number of aliphatic carboxylic acids is 1. The molecule has 2 aromatic carbocycles. The summed E-state index contributed by atoms with van der Waals surface area (Å²) in [6.07, 6.45) is 0.540. The quantitative estimate of drug-likeness (QED) is 0.723. The first kappa shape index (κ1) is 18.9. The molecule has 6 nitrogen and oxygen atoms in total. The number of carbonyl (C=O) groups is 2. The zero-order valence-electron chi connectivity index (χ0n) is 16.6. The molecule has 0 unspecified atom stereocenters. The number of hydrogen-bond acceptors (Lipinski definition) is 3. The second-order valence-corrected chi connectivity index (χ2v) is 7.43. The molecule has 0 atom stereocenters. The van der Waals surface area contributed by atoms with Crippen LogP contribution in [0.15, 0.2) is 48.5 Å². The Morgan fingerprint density at radius 2 is 1.62 bits per heavy atom. The molecule has 0 bridgehead atoms. The zero-order chi connectivity index (χ0) is 20.5. The van der Waals surface area contributed by atoms with E-state index in [0.717, 1.165) is 22.6 Å². The molecular weight excluding hydrogens is 366 g/mol. The van der Waals surface area contributed by atoms with E-state index in [4.69, 9.17) is 5.11 Å². The standard InChI is InChI=1S/C23H23N3O3/c1-15-21(11-12-22(27)28)16(2)26(24-15)20-9-7-17(8-10-20)23(29)25-13-18-5-3-4-6-19(18)14-25/h3-10H,11-14H2,1-2H3,(H,27,28). The summed E-state index contributed by atoms with van der Waals surface area (Å²) in [5, 5.41) is 13.5. The average Bonchev–Trinajstić information content (AvgIpc) is 3.27. The number of aromatic nitrogens is 2. The van der Waals surface area contributed by atoms with Gasteiger partial charge in [-0.05, 0) is 61.2 Å². The lowest BCUT2D eigenvalue weighted by molar-refractivity contribution is -0.136. The number of hydrogen-bond donors (Lipinski definition) is 1. The SMILES string of the molecule is Cc1nn(-c2ccc(C(=O)N3Cc4ccccc4C3)cc2)c(C)c1CCC(=O)O. The highest BCUT2D eigenvalue weighted by atomic mass is 16.4. The number of amides is 1. The second-order valence-electron chi connectivity index (χ2n) is 7.43. The second kappa shape index (κ2) is 7.54. The largest absolute Gasteiger partial charge is 0.481 e. The number of aryl methyl sites for hydroxylation is 1. The van der Waals surface area contributed by atoms with Crippen LogP contribution in [0.2, 0.25) is 0 Å². The van der Waals surface area contributed by atoms with Gasteiger partial charge in [0.05, 0.1) is 11.4 Å². The van der Waals surface area contributed by atoms with Crippen molar-refractivity contribution in [3.63, 3.8) is 0 Å². The van der Waals surface area contributed by atoms with Crippen LogP contribution >= 0.6 is 0 Å². The monoisotopic (exact) mass is 389 g/mol. The molecule has 2 heterocycles. The number of fused-ring (bicyclic) bond motifs is 1. The number of nitrogens with zero attached hydrogens (tertiary/aromatic N) is 3. The average molecular weight is 389 g/mol. The summed E-state index contributed by atoms with van der Waals surface area (Å²) in [4.78, 5) is 25.6. The van der Waals surface area contributed by atoms with Gasteiger partial charge in [0.15, 0.2) is 0 Å². The van der Waals surface area contributed by atoms with Crippen molar-refractivity contribution in [2.75, 3.05) is 0 Å². The molecule has 0 saturated heterocycles. The van der Waals surface area contributed by atoms with E-state index in [2.05, 4.69) is 17.2 Å². The van der Waals surface area contributed by atoms with Gasteiger partial charge in [-0.3, -0.25) is 9.59 Å². The van der Waals surface area contributed by atoms with Gasteiger partial charge in [-0.1, -0.05) is 24.3 Å². The van der Waals surface area contributed by atoms with Gasteiger partial charge in [0, 0.05) is 30.8 Å². The van der Waals surface area contributed by atoms with Crippen LogP contribution in [-0.4, -0.2) is 31.7 Å². The van der Waals surface area contributed by atoms with Crippen molar-refractivity contribution in [3.05, 3.63) is 82.2 Å². The molecule has 1 aromatic heterocycles. The van der Waals surface area contributed by atoms with E-state index in [1.165, 1.54) is 11.1 Å². The Labute approximate surface area is 169 Å². The third kappa shape index (κ3) is 3.66. The van der Waals surface area contributed by atoms with Crippen LogP contribution in [0.1, 0.15) is 44.9 Å². The summed E-state index contributed by atoms with van der Waals surface area (Å²) in [5.74, 6) is -0.799. The molecule has 6 heteroatoms. The van der Waals surface area contributed by atoms with Crippen molar-refractivity contribution >= 4 is 11.9 Å². The van der Waals surface area contributed by atoms with Gasteiger partial charge >= 0.3 is 5.97 Å². The molecular formula is C23H23N3O3. The third-order valence-corrected chi connectivity index (χ3v) is 5.52. The van der Waals surface area contributed by atoms with Crippen LogP contribution in [0, 0.1) is 13.8 Å². The van der Waals surface area contributed by atoms with Gasteiger partial charge in [-0.25, -0.2) is 4.68 Å². The summed E-state index contributed by atoms with van der Waals surface area (Å²) in [6, 6.07) is 15.6. The predicted molar refractivity (Wildman–Crippen MR) is 109 cm³/mol. The Morgan fingerprint density at radius 1 is 1.00 bits per heavy atom. The summed E-state index contributed by atoms with van der Waals surface area (Å²) in [7, 11) is 0. The van der Waals surface area contributed by atoms with Gasteiger partial charge in [0.1, 0.15) is 0 Å². The minimum atomic E-state index is -0.816. The van der Waals surface area contributed by atoms with E-state index in [9.17, 15) is 9.59 Å². The smallest absolute Gasteiger partial charge is 0.303 e. The topological polar surface area (TPSA) is 75.4 Å². The normalized spacial score (nSPS) is 12.8. The van der Waals surface area contributed by atoms with E-state index in [1.54, 1.807) is 0 Å². The van der Waals surface area contributed by atoms with E-state index >= 15 is 0 Å². The number of rotatable bonds is 5. The van der Waals surface area contributed by atoms with Gasteiger partial charge in [0.25, 0.3) is 5.91 Å². The van der Waals surface area contributed by atoms with E-state index in [1.807, 2.05) is 59.8 Å². The lowest BCUT2D eigenvalue weighted by Gasteiger charge is -2.16. The molecule has 0 radical (unpaired) electrons. The van der Waals surface area contributed by atoms with Crippen molar-refractivity contribution in [3.8, 4) is 5.69 Å². The molecule has 0 spiro atoms. The first-order chi connectivity index (χ1) is 13.9. The van der Waals surface area contributed by atoms with Crippen LogP contribution in [0.5, 0.6) is 0 Å². The number of carbonyl (C=O) groups excluding carboxylic acids is 1. The van der Waals surface area contributed by atoms with Crippen LogP contribution in [-0.2, 0) is 24.3 Å². The minimum Gasteiger partial charge on any atom is -0.481 e. The molecule has 1 aliphatic heterocycles. The molecule has 0 fully saturated rings. The number of carboxylic acids is 1. The zero-order valence-corrected chi connectivity index (χ0v) is 16.6. The van der Waals surface area contributed by atoms with Crippen molar-refractivity contribution < 1.29 is 14.7 Å². The molecule has 148 valence electrons. The highest BCUT2D eigenvalue weighted by Crippen LogP contribution is 2.25. The lowest BCUT2D eigenvalue weighted by atomic mass is 10.1.